The number of rotatable bonds is 5. The highest BCUT2D eigenvalue weighted by atomic mass is 35.5. The molecule has 4 nitrogen and oxygen atoms in total. The van der Waals surface area contributed by atoms with Crippen molar-refractivity contribution in [2.75, 3.05) is 19.6 Å². The molecule has 6 heteroatoms. The summed E-state index contributed by atoms with van der Waals surface area (Å²) >= 11 is 12.4. The van der Waals surface area contributed by atoms with Crippen LogP contribution in [-0.4, -0.2) is 41.2 Å². The highest BCUT2D eigenvalue weighted by Crippen LogP contribution is 2.37. The summed E-state index contributed by atoms with van der Waals surface area (Å²) in [4.78, 5) is 29.6. The molecular weight excluding hydrogens is 371 g/mol. The van der Waals surface area contributed by atoms with Crippen molar-refractivity contribution in [3.63, 3.8) is 0 Å². The summed E-state index contributed by atoms with van der Waals surface area (Å²) in [7, 11) is 0. The Morgan fingerprint density at radius 2 is 1.81 bits per heavy atom. The summed E-state index contributed by atoms with van der Waals surface area (Å²) in [6, 6.07) is 5.06. The molecule has 3 rings (SSSR count). The van der Waals surface area contributed by atoms with Gasteiger partial charge in [-0.1, -0.05) is 49.5 Å². The van der Waals surface area contributed by atoms with Crippen LogP contribution < -0.4 is 0 Å². The van der Waals surface area contributed by atoms with E-state index in [1.807, 2.05) is 6.92 Å². The average molecular weight is 395 g/mol. The molecule has 140 valence electrons. The van der Waals surface area contributed by atoms with E-state index in [2.05, 4.69) is 11.8 Å². The van der Waals surface area contributed by atoms with Crippen molar-refractivity contribution in [2.45, 2.75) is 39.5 Å². The fourth-order valence-electron chi connectivity index (χ4n) is 3.54. The molecule has 0 bridgehead atoms. The lowest BCUT2D eigenvalue weighted by atomic mass is 9.97. The van der Waals surface area contributed by atoms with Gasteiger partial charge in [0, 0.05) is 30.2 Å². The average Bonchev–Trinajstić information content (AvgIpc) is 2.85. The summed E-state index contributed by atoms with van der Waals surface area (Å²) in [6.45, 7) is 6.27. The van der Waals surface area contributed by atoms with Crippen LogP contribution in [0.4, 0.5) is 0 Å². The number of piperidine rings is 1. The van der Waals surface area contributed by atoms with Gasteiger partial charge in [0.2, 0.25) is 0 Å². The second-order valence-corrected chi connectivity index (χ2v) is 7.98. The monoisotopic (exact) mass is 394 g/mol. The van der Waals surface area contributed by atoms with Gasteiger partial charge in [-0.15, -0.1) is 0 Å². The predicted molar refractivity (Wildman–Crippen MR) is 105 cm³/mol. The van der Waals surface area contributed by atoms with Crippen LogP contribution in [0, 0.1) is 5.92 Å². The highest BCUT2D eigenvalue weighted by molar-refractivity contribution is 6.41. The van der Waals surface area contributed by atoms with Gasteiger partial charge in [-0.05, 0) is 37.3 Å². The van der Waals surface area contributed by atoms with Gasteiger partial charge >= 0.3 is 0 Å². The maximum atomic E-state index is 13.1. The first-order valence-electron chi connectivity index (χ1n) is 9.24. The summed E-state index contributed by atoms with van der Waals surface area (Å²) in [6.07, 6.45) is 3.75. The molecule has 2 aliphatic heterocycles. The van der Waals surface area contributed by atoms with E-state index in [1.54, 1.807) is 18.2 Å². The summed E-state index contributed by atoms with van der Waals surface area (Å²) in [5.41, 5.74) is 1.51. The molecule has 2 aliphatic rings. The van der Waals surface area contributed by atoms with Crippen molar-refractivity contribution in [3.8, 4) is 0 Å². The van der Waals surface area contributed by atoms with Crippen molar-refractivity contribution in [1.82, 2.24) is 9.80 Å². The Morgan fingerprint density at radius 1 is 1.12 bits per heavy atom. The zero-order valence-electron chi connectivity index (χ0n) is 15.2. The Balaban J connectivity index is 2.05. The maximum absolute atomic E-state index is 13.1. The Bertz CT molecular complexity index is 752. The molecule has 0 N–H and O–H groups in total. The summed E-state index contributed by atoms with van der Waals surface area (Å²) in [5, 5.41) is 0.904. The lowest BCUT2D eigenvalue weighted by molar-refractivity contribution is -0.137. The lowest BCUT2D eigenvalue weighted by Gasteiger charge is -2.32. The van der Waals surface area contributed by atoms with Gasteiger partial charge in [0.25, 0.3) is 11.8 Å². The first kappa shape index (κ1) is 19.2. The van der Waals surface area contributed by atoms with E-state index >= 15 is 0 Å². The highest BCUT2D eigenvalue weighted by Gasteiger charge is 2.42. The third-order valence-electron chi connectivity index (χ3n) is 5.18. The molecule has 0 aliphatic carbocycles. The van der Waals surface area contributed by atoms with Crippen molar-refractivity contribution in [2.24, 2.45) is 5.92 Å². The van der Waals surface area contributed by atoms with Crippen LogP contribution in [0.1, 0.15) is 45.1 Å². The number of nitrogens with zero attached hydrogens (tertiary/aromatic N) is 2. The van der Waals surface area contributed by atoms with Gasteiger partial charge in [-0.25, -0.2) is 0 Å². The van der Waals surface area contributed by atoms with Crippen molar-refractivity contribution >= 4 is 40.6 Å². The quantitative estimate of drug-likeness (QED) is 0.684. The zero-order chi connectivity index (χ0) is 18.8. The van der Waals surface area contributed by atoms with Crippen LogP contribution >= 0.6 is 23.2 Å². The third kappa shape index (κ3) is 3.63. The van der Waals surface area contributed by atoms with E-state index in [-0.39, 0.29) is 11.8 Å². The van der Waals surface area contributed by atoms with Gasteiger partial charge in [-0.3, -0.25) is 14.5 Å². The van der Waals surface area contributed by atoms with E-state index in [9.17, 15) is 9.59 Å². The van der Waals surface area contributed by atoms with Crippen molar-refractivity contribution < 1.29 is 9.59 Å². The second-order valence-electron chi connectivity index (χ2n) is 7.13. The number of hydrogen-bond donors (Lipinski definition) is 0. The molecule has 0 atom stereocenters. The summed E-state index contributed by atoms with van der Waals surface area (Å²) < 4.78 is 0. The van der Waals surface area contributed by atoms with Gasteiger partial charge in [-0.2, -0.15) is 0 Å². The zero-order valence-corrected chi connectivity index (χ0v) is 16.7. The Labute approximate surface area is 164 Å². The Kier molecular flexibility index (Phi) is 5.93. The van der Waals surface area contributed by atoms with Gasteiger partial charge in [0.15, 0.2) is 0 Å². The van der Waals surface area contributed by atoms with Crippen molar-refractivity contribution in [1.29, 1.82) is 0 Å². The van der Waals surface area contributed by atoms with E-state index in [0.717, 1.165) is 38.8 Å². The third-order valence-corrected chi connectivity index (χ3v) is 5.73. The van der Waals surface area contributed by atoms with E-state index < -0.39 is 0 Å². The molecule has 0 spiro atoms. The number of hydrogen-bond acceptors (Lipinski definition) is 3. The number of halogens is 2. The largest absolute Gasteiger partial charge is 0.366 e. The molecule has 1 fully saturated rings. The number of amides is 2. The van der Waals surface area contributed by atoms with Crippen LogP contribution in [0.2, 0.25) is 10.0 Å². The fourth-order valence-corrected chi connectivity index (χ4v) is 4.05. The Hall–Kier alpha value is -1.52. The molecule has 1 saturated heterocycles. The molecule has 2 heterocycles. The van der Waals surface area contributed by atoms with Crippen LogP contribution in [0.25, 0.3) is 5.57 Å². The molecule has 1 aromatic carbocycles. The number of carbonyl (C=O) groups is 2. The molecule has 0 radical (unpaired) electrons. The van der Waals surface area contributed by atoms with E-state index in [4.69, 9.17) is 23.2 Å². The van der Waals surface area contributed by atoms with Crippen LogP contribution in [0.5, 0.6) is 0 Å². The van der Waals surface area contributed by atoms with Crippen molar-refractivity contribution in [3.05, 3.63) is 39.5 Å². The number of likely N-dealkylation sites (tertiary alicyclic amines) is 1. The number of imide groups is 1. The summed E-state index contributed by atoms with van der Waals surface area (Å²) in [5.74, 6) is 0.193. The van der Waals surface area contributed by atoms with Crippen LogP contribution in [0.15, 0.2) is 23.9 Å². The van der Waals surface area contributed by atoms with Gasteiger partial charge < -0.3 is 4.90 Å². The Morgan fingerprint density at radius 3 is 2.42 bits per heavy atom. The maximum Gasteiger partial charge on any atom is 0.277 e. The predicted octanol–water partition coefficient (Wildman–Crippen LogP) is 4.61. The second kappa shape index (κ2) is 8.01. The number of carbonyl (C=O) groups excluding carboxylic acids is 2. The van der Waals surface area contributed by atoms with E-state index in [0.29, 0.717) is 39.3 Å². The molecular formula is C20H24Cl2N2O2. The SMILES string of the molecule is CCCCN1C(=O)C(c2ccc(Cl)cc2Cl)=C(N2CCC(C)CC2)C1=O. The minimum absolute atomic E-state index is 0.195. The minimum atomic E-state index is -0.249. The standard InChI is InChI=1S/C20H24Cl2N2O2/c1-3-4-9-24-19(25)17(15-6-5-14(21)12-16(15)22)18(20(24)26)23-10-7-13(2)8-11-23/h5-6,12-13H,3-4,7-11H2,1-2H3. The van der Waals surface area contributed by atoms with Crippen LogP contribution in [0.3, 0.4) is 0 Å². The van der Waals surface area contributed by atoms with Gasteiger partial charge in [0.1, 0.15) is 5.70 Å². The molecule has 0 saturated carbocycles. The molecule has 0 aromatic heterocycles. The fraction of sp³-hybridized carbons (Fsp3) is 0.500. The first-order valence-corrected chi connectivity index (χ1v) is 10.0. The molecule has 1 aromatic rings. The topological polar surface area (TPSA) is 40.6 Å². The normalized spacial score (nSPS) is 19.1. The number of unbranched alkanes of at least 4 members (excludes halogenated alkanes) is 1. The molecule has 26 heavy (non-hydrogen) atoms. The lowest BCUT2D eigenvalue weighted by Crippen LogP contribution is -2.38. The van der Waals surface area contributed by atoms with E-state index in [1.165, 1.54) is 4.90 Å². The molecule has 2 amide bonds. The van der Waals surface area contributed by atoms with Crippen LogP contribution in [-0.2, 0) is 9.59 Å². The smallest absolute Gasteiger partial charge is 0.277 e. The minimum Gasteiger partial charge on any atom is -0.366 e. The molecule has 0 unspecified atom stereocenters. The van der Waals surface area contributed by atoms with Gasteiger partial charge in [0.05, 0.1) is 10.6 Å². The first-order chi connectivity index (χ1) is 12.4. The number of benzene rings is 1.